The molecule has 0 bridgehead atoms. The third-order valence-electron chi connectivity index (χ3n) is 2.99. The highest BCUT2D eigenvalue weighted by Gasteiger charge is 2.10. The van der Waals surface area contributed by atoms with E-state index in [2.05, 4.69) is 17.1 Å². The van der Waals surface area contributed by atoms with E-state index >= 15 is 0 Å². The number of halogens is 1. The third kappa shape index (κ3) is 4.59. The smallest absolute Gasteiger partial charge is 0.173 e. The van der Waals surface area contributed by atoms with Gasteiger partial charge in [0, 0.05) is 17.1 Å². The zero-order valence-electron chi connectivity index (χ0n) is 11.9. The Labute approximate surface area is 139 Å². The fraction of sp³-hybridized carbons (Fsp3) is 0.267. The van der Waals surface area contributed by atoms with Gasteiger partial charge in [-0.1, -0.05) is 11.6 Å². The standard InChI is InChI=1S/C15H17ClN2OS2/c1-3-18(10-13-8-9-14(16)21-13)15(20)17-11-4-6-12(19-2)7-5-11/h4-9H,3,10H2,1-2H3,(H,17,20). The quantitative estimate of drug-likeness (QED) is 0.802. The van der Waals surface area contributed by atoms with Crippen LogP contribution in [0.25, 0.3) is 0 Å². The van der Waals surface area contributed by atoms with Gasteiger partial charge in [0.1, 0.15) is 5.75 Å². The third-order valence-corrected chi connectivity index (χ3v) is 4.56. The number of anilines is 1. The van der Waals surface area contributed by atoms with E-state index in [4.69, 9.17) is 28.6 Å². The van der Waals surface area contributed by atoms with Gasteiger partial charge in [0.25, 0.3) is 0 Å². The Morgan fingerprint density at radius 1 is 1.29 bits per heavy atom. The van der Waals surface area contributed by atoms with Crippen molar-refractivity contribution in [2.24, 2.45) is 0 Å². The van der Waals surface area contributed by atoms with Crippen LogP contribution in [0.2, 0.25) is 4.34 Å². The van der Waals surface area contributed by atoms with Crippen molar-refractivity contribution in [1.29, 1.82) is 0 Å². The molecule has 0 fully saturated rings. The zero-order valence-corrected chi connectivity index (χ0v) is 14.3. The minimum absolute atomic E-state index is 0.701. The molecule has 0 spiro atoms. The number of hydrogen-bond acceptors (Lipinski definition) is 3. The molecule has 0 aliphatic heterocycles. The maximum atomic E-state index is 5.96. The molecule has 0 radical (unpaired) electrons. The number of benzene rings is 1. The number of methoxy groups -OCH3 is 1. The van der Waals surface area contributed by atoms with Crippen molar-refractivity contribution in [2.45, 2.75) is 13.5 Å². The van der Waals surface area contributed by atoms with Gasteiger partial charge in [-0.05, 0) is 55.5 Å². The number of ether oxygens (including phenoxy) is 1. The van der Waals surface area contributed by atoms with Gasteiger partial charge in [-0.15, -0.1) is 11.3 Å². The summed E-state index contributed by atoms with van der Waals surface area (Å²) in [5.41, 5.74) is 0.948. The van der Waals surface area contributed by atoms with Crippen molar-refractivity contribution in [3.05, 3.63) is 45.6 Å². The molecule has 1 heterocycles. The maximum absolute atomic E-state index is 5.96. The molecule has 21 heavy (non-hydrogen) atoms. The Morgan fingerprint density at radius 2 is 2.00 bits per heavy atom. The molecular weight excluding hydrogens is 324 g/mol. The lowest BCUT2D eigenvalue weighted by atomic mass is 10.3. The van der Waals surface area contributed by atoms with Crippen molar-refractivity contribution >= 4 is 46.0 Å². The van der Waals surface area contributed by atoms with Crippen LogP contribution in [0.1, 0.15) is 11.8 Å². The van der Waals surface area contributed by atoms with E-state index in [9.17, 15) is 0 Å². The van der Waals surface area contributed by atoms with Gasteiger partial charge >= 0.3 is 0 Å². The molecule has 6 heteroatoms. The molecule has 0 saturated heterocycles. The summed E-state index contributed by atoms with van der Waals surface area (Å²) in [6.07, 6.45) is 0. The topological polar surface area (TPSA) is 24.5 Å². The molecule has 2 aromatic rings. The first kappa shape index (κ1) is 16.1. The van der Waals surface area contributed by atoms with Crippen molar-refractivity contribution in [2.75, 3.05) is 19.0 Å². The predicted molar refractivity (Wildman–Crippen MR) is 94.6 cm³/mol. The number of nitrogens with zero attached hydrogens (tertiary/aromatic N) is 1. The Kier molecular flexibility index (Phi) is 5.85. The van der Waals surface area contributed by atoms with Crippen LogP contribution in [0.5, 0.6) is 5.75 Å². The van der Waals surface area contributed by atoms with E-state index in [-0.39, 0.29) is 0 Å². The van der Waals surface area contributed by atoms with Gasteiger partial charge < -0.3 is 15.0 Å². The van der Waals surface area contributed by atoms with E-state index < -0.39 is 0 Å². The van der Waals surface area contributed by atoms with Crippen LogP contribution in [0.15, 0.2) is 36.4 Å². The lowest BCUT2D eigenvalue weighted by Crippen LogP contribution is -2.33. The Balaban J connectivity index is 1.98. The Bertz CT molecular complexity index is 598. The second-order valence-electron chi connectivity index (χ2n) is 4.38. The van der Waals surface area contributed by atoms with Crippen LogP contribution >= 0.6 is 35.2 Å². The predicted octanol–water partition coefficient (Wildman–Crippen LogP) is 4.63. The van der Waals surface area contributed by atoms with Crippen molar-refractivity contribution in [3.63, 3.8) is 0 Å². The lowest BCUT2D eigenvalue weighted by molar-refractivity contribution is 0.415. The Morgan fingerprint density at radius 3 is 2.52 bits per heavy atom. The second kappa shape index (κ2) is 7.64. The SMILES string of the molecule is CCN(Cc1ccc(Cl)s1)C(=S)Nc1ccc(OC)cc1. The normalized spacial score (nSPS) is 10.2. The van der Waals surface area contributed by atoms with Crippen LogP contribution in [0, 0.1) is 0 Å². The van der Waals surface area contributed by atoms with Gasteiger partial charge in [-0.25, -0.2) is 0 Å². The van der Waals surface area contributed by atoms with Gasteiger partial charge in [-0.3, -0.25) is 0 Å². The number of hydrogen-bond donors (Lipinski definition) is 1. The molecule has 112 valence electrons. The van der Waals surface area contributed by atoms with Crippen molar-refractivity contribution < 1.29 is 4.74 Å². The van der Waals surface area contributed by atoms with E-state index in [0.29, 0.717) is 5.11 Å². The second-order valence-corrected chi connectivity index (χ2v) is 6.56. The summed E-state index contributed by atoms with van der Waals surface area (Å²) in [5.74, 6) is 0.826. The summed E-state index contributed by atoms with van der Waals surface area (Å²) in [7, 11) is 1.65. The van der Waals surface area contributed by atoms with Gasteiger partial charge in [0.2, 0.25) is 0 Å². The molecule has 2 rings (SSSR count). The van der Waals surface area contributed by atoms with Crippen LogP contribution in [0.3, 0.4) is 0 Å². The molecule has 0 aliphatic carbocycles. The molecule has 1 N–H and O–H groups in total. The van der Waals surface area contributed by atoms with E-state index in [1.807, 2.05) is 36.4 Å². The highest BCUT2D eigenvalue weighted by molar-refractivity contribution is 7.80. The lowest BCUT2D eigenvalue weighted by Gasteiger charge is -2.23. The van der Waals surface area contributed by atoms with Gasteiger partial charge in [-0.2, -0.15) is 0 Å². The average molecular weight is 341 g/mol. The number of thiophene rings is 1. The minimum Gasteiger partial charge on any atom is -0.497 e. The molecule has 0 atom stereocenters. The fourth-order valence-electron chi connectivity index (χ4n) is 1.83. The van der Waals surface area contributed by atoms with Crippen LogP contribution < -0.4 is 10.1 Å². The molecule has 0 unspecified atom stereocenters. The first-order valence-corrected chi connectivity index (χ1v) is 8.17. The van der Waals surface area contributed by atoms with Crippen LogP contribution in [-0.2, 0) is 6.54 Å². The average Bonchev–Trinajstić information content (AvgIpc) is 2.90. The summed E-state index contributed by atoms with van der Waals surface area (Å²) in [6.45, 7) is 3.67. The van der Waals surface area contributed by atoms with E-state index in [0.717, 1.165) is 28.9 Å². The maximum Gasteiger partial charge on any atom is 0.173 e. The van der Waals surface area contributed by atoms with Crippen molar-refractivity contribution in [1.82, 2.24) is 4.90 Å². The van der Waals surface area contributed by atoms with E-state index in [1.54, 1.807) is 18.4 Å². The molecule has 0 saturated carbocycles. The highest BCUT2D eigenvalue weighted by atomic mass is 35.5. The van der Waals surface area contributed by atoms with Gasteiger partial charge in [0.15, 0.2) is 5.11 Å². The highest BCUT2D eigenvalue weighted by Crippen LogP contribution is 2.23. The van der Waals surface area contributed by atoms with Gasteiger partial charge in [0.05, 0.1) is 18.0 Å². The summed E-state index contributed by atoms with van der Waals surface area (Å²) >= 11 is 13.0. The molecule has 1 aromatic heterocycles. The molecule has 3 nitrogen and oxygen atoms in total. The largest absolute Gasteiger partial charge is 0.497 e. The molecule has 0 amide bonds. The number of nitrogens with one attached hydrogen (secondary N) is 1. The first-order valence-electron chi connectivity index (χ1n) is 6.56. The summed E-state index contributed by atoms with van der Waals surface area (Å²) in [4.78, 5) is 3.29. The minimum atomic E-state index is 0.701. The monoisotopic (exact) mass is 340 g/mol. The zero-order chi connectivity index (χ0) is 15.2. The number of rotatable bonds is 5. The van der Waals surface area contributed by atoms with Crippen molar-refractivity contribution in [3.8, 4) is 5.75 Å². The molecule has 0 aliphatic rings. The fourth-order valence-corrected chi connectivity index (χ4v) is 3.24. The summed E-state index contributed by atoms with van der Waals surface area (Å²) in [6, 6.07) is 11.6. The number of thiocarbonyl (C=S) groups is 1. The summed E-state index contributed by atoms with van der Waals surface area (Å²) < 4.78 is 5.94. The van der Waals surface area contributed by atoms with Crippen LogP contribution in [0.4, 0.5) is 5.69 Å². The first-order chi connectivity index (χ1) is 10.1. The van der Waals surface area contributed by atoms with Crippen LogP contribution in [-0.4, -0.2) is 23.7 Å². The summed E-state index contributed by atoms with van der Waals surface area (Å²) in [5, 5.41) is 3.95. The molecular formula is C15H17ClN2OS2. The molecule has 1 aromatic carbocycles. The van der Waals surface area contributed by atoms with E-state index in [1.165, 1.54) is 4.88 Å². The Hall–Kier alpha value is -1.30.